The summed E-state index contributed by atoms with van der Waals surface area (Å²) in [6.45, 7) is 4.55. The number of anilines is 1. The second-order valence-electron chi connectivity index (χ2n) is 6.47. The third-order valence-corrected chi connectivity index (χ3v) is 5.18. The number of aromatic nitrogens is 1. The highest BCUT2D eigenvalue weighted by Gasteiger charge is 2.25. The van der Waals surface area contributed by atoms with Crippen LogP contribution >= 0.6 is 11.3 Å². The molecule has 0 saturated heterocycles. The van der Waals surface area contributed by atoms with Crippen molar-refractivity contribution in [3.05, 3.63) is 64.0 Å². The van der Waals surface area contributed by atoms with Gasteiger partial charge < -0.3 is 4.74 Å². The van der Waals surface area contributed by atoms with Crippen molar-refractivity contribution in [2.75, 3.05) is 5.32 Å². The van der Waals surface area contributed by atoms with Gasteiger partial charge in [-0.2, -0.15) is 0 Å². The maximum absolute atomic E-state index is 13.3. The molecule has 1 radical (unpaired) electrons. The number of rotatable bonds is 3. The van der Waals surface area contributed by atoms with Crippen LogP contribution in [0.15, 0.2) is 30.3 Å². The predicted octanol–water partition coefficient (Wildman–Crippen LogP) is 5.16. The molecule has 1 N–H and O–H groups in total. The largest absolute Gasteiger partial charge is 0.487 e. The molecule has 0 spiro atoms. The number of carbonyl (C=O) groups excluding carboxylic acids is 1. The van der Waals surface area contributed by atoms with Crippen LogP contribution in [0.25, 0.3) is 11.3 Å². The summed E-state index contributed by atoms with van der Waals surface area (Å²) in [5, 5.41) is 2.93. The smallest absolute Gasteiger partial charge is 0.258 e. The van der Waals surface area contributed by atoms with Gasteiger partial charge in [0.2, 0.25) is 0 Å². The number of ether oxygens (including phenoxy) is 1. The van der Waals surface area contributed by atoms with E-state index in [0.29, 0.717) is 23.7 Å². The van der Waals surface area contributed by atoms with Gasteiger partial charge in [-0.3, -0.25) is 10.1 Å². The predicted molar refractivity (Wildman–Crippen MR) is 99.1 cm³/mol. The summed E-state index contributed by atoms with van der Waals surface area (Å²) in [5.41, 5.74) is 2.51. The Bertz CT molecular complexity index is 1030. The molecule has 2 aromatic carbocycles. The molecule has 4 nitrogen and oxygen atoms in total. The molecule has 0 saturated carbocycles. The Hall–Kier alpha value is -2.80. The van der Waals surface area contributed by atoms with Crippen LogP contribution in [-0.2, 0) is 6.61 Å². The molecular weight excluding hydrogens is 370 g/mol. The number of fused-ring (bicyclic) bond motifs is 3. The summed E-state index contributed by atoms with van der Waals surface area (Å²) in [6, 6.07) is 9.70. The van der Waals surface area contributed by atoms with Gasteiger partial charge in [-0.1, -0.05) is 37.3 Å². The first kappa shape index (κ1) is 17.6. The van der Waals surface area contributed by atoms with Crippen LogP contribution in [0.4, 0.5) is 13.9 Å². The quantitative estimate of drug-likeness (QED) is 0.678. The molecule has 2 heterocycles. The number of hydrogen-bond acceptors (Lipinski definition) is 4. The first-order valence-electron chi connectivity index (χ1n) is 8.38. The standard InChI is InChI=1S/C20H15F2N2O2S/c1-10(2)14-4-3-5-15-17-16(9-26-18(14)15)27-20(23-17)24-19(25)11-6-12(21)8-13(22)7-11/h3-6,8,10H,9H2,1-2H3,(H,23,24,25). The molecule has 7 heteroatoms. The molecule has 1 aromatic heterocycles. The highest BCUT2D eigenvalue weighted by atomic mass is 32.1. The molecule has 137 valence electrons. The Labute approximate surface area is 158 Å². The minimum atomic E-state index is -0.929. The third kappa shape index (κ3) is 3.30. The van der Waals surface area contributed by atoms with Crippen LogP contribution < -0.4 is 10.1 Å². The summed E-state index contributed by atoms with van der Waals surface area (Å²) in [4.78, 5) is 17.7. The molecule has 1 aliphatic rings. The minimum absolute atomic E-state index is 0.223. The Kier molecular flexibility index (Phi) is 4.39. The van der Waals surface area contributed by atoms with Gasteiger partial charge in [0.25, 0.3) is 5.91 Å². The van der Waals surface area contributed by atoms with Crippen molar-refractivity contribution in [3.63, 3.8) is 0 Å². The van der Waals surface area contributed by atoms with Crippen molar-refractivity contribution in [1.29, 1.82) is 0 Å². The molecular formula is C20H15F2N2O2S. The Morgan fingerprint density at radius 1 is 1.33 bits per heavy atom. The highest BCUT2D eigenvalue weighted by molar-refractivity contribution is 7.16. The molecule has 27 heavy (non-hydrogen) atoms. The average molecular weight is 385 g/mol. The zero-order valence-electron chi connectivity index (χ0n) is 14.6. The third-order valence-electron chi connectivity index (χ3n) is 4.23. The van der Waals surface area contributed by atoms with Crippen LogP contribution in [0.1, 0.15) is 40.6 Å². The van der Waals surface area contributed by atoms with Crippen molar-refractivity contribution in [3.8, 4) is 17.0 Å². The lowest BCUT2D eigenvalue weighted by Gasteiger charge is -2.21. The van der Waals surface area contributed by atoms with Crippen molar-refractivity contribution < 1.29 is 18.3 Å². The lowest BCUT2D eigenvalue weighted by molar-refractivity contribution is 0.102. The molecule has 0 bridgehead atoms. The fourth-order valence-electron chi connectivity index (χ4n) is 3.00. The summed E-state index contributed by atoms with van der Waals surface area (Å²) < 4.78 is 32.5. The number of amides is 1. The van der Waals surface area contributed by atoms with Crippen molar-refractivity contribution in [2.24, 2.45) is 0 Å². The van der Waals surface area contributed by atoms with Crippen LogP contribution in [0.2, 0.25) is 0 Å². The SMILES string of the molecule is CC(C)c1cccc2c1OCc1sc(NC(=O)c3[c]c(F)cc(F)c3)nc1-2. The van der Waals surface area contributed by atoms with Gasteiger partial charge in [-0.25, -0.2) is 13.8 Å². The van der Waals surface area contributed by atoms with Crippen molar-refractivity contribution >= 4 is 22.4 Å². The zero-order chi connectivity index (χ0) is 19.1. The fraction of sp³-hybridized carbons (Fsp3) is 0.200. The summed E-state index contributed by atoms with van der Waals surface area (Å²) in [7, 11) is 0. The Balaban J connectivity index is 1.65. The average Bonchev–Trinajstić information content (AvgIpc) is 3.03. The van der Waals surface area contributed by atoms with Gasteiger partial charge in [0.05, 0.1) is 16.1 Å². The molecule has 1 aliphatic heterocycles. The van der Waals surface area contributed by atoms with Crippen LogP contribution in [0.3, 0.4) is 0 Å². The Morgan fingerprint density at radius 3 is 2.89 bits per heavy atom. The molecule has 1 amide bonds. The van der Waals surface area contributed by atoms with Gasteiger partial charge in [0, 0.05) is 17.7 Å². The maximum atomic E-state index is 13.3. The molecule has 0 fully saturated rings. The lowest BCUT2D eigenvalue weighted by atomic mass is 9.96. The highest BCUT2D eigenvalue weighted by Crippen LogP contribution is 2.44. The van der Waals surface area contributed by atoms with Crippen LogP contribution in [-0.4, -0.2) is 10.9 Å². The van der Waals surface area contributed by atoms with E-state index in [-0.39, 0.29) is 5.56 Å². The molecule has 0 aliphatic carbocycles. The fourth-order valence-corrected chi connectivity index (χ4v) is 3.88. The number of para-hydroxylation sites is 1. The topological polar surface area (TPSA) is 51.2 Å². The summed E-state index contributed by atoms with van der Waals surface area (Å²) >= 11 is 1.28. The number of nitrogens with one attached hydrogen (secondary N) is 1. The van der Waals surface area contributed by atoms with E-state index in [4.69, 9.17) is 4.74 Å². The van der Waals surface area contributed by atoms with E-state index in [9.17, 15) is 13.6 Å². The maximum Gasteiger partial charge on any atom is 0.258 e. The van der Waals surface area contributed by atoms with Crippen molar-refractivity contribution in [1.82, 2.24) is 4.98 Å². The molecule has 0 unspecified atom stereocenters. The number of nitrogens with zero attached hydrogens (tertiary/aromatic N) is 1. The zero-order valence-corrected chi connectivity index (χ0v) is 15.4. The lowest BCUT2D eigenvalue weighted by Crippen LogP contribution is -2.12. The van der Waals surface area contributed by atoms with Gasteiger partial charge >= 0.3 is 0 Å². The van der Waals surface area contributed by atoms with Crippen LogP contribution in [0.5, 0.6) is 5.75 Å². The number of hydrogen-bond donors (Lipinski definition) is 1. The van der Waals surface area contributed by atoms with E-state index in [2.05, 4.69) is 30.2 Å². The first-order valence-corrected chi connectivity index (χ1v) is 9.19. The van der Waals surface area contributed by atoms with Crippen LogP contribution in [0, 0.1) is 17.7 Å². The van der Waals surface area contributed by atoms with E-state index < -0.39 is 17.5 Å². The normalized spacial score (nSPS) is 12.3. The van der Waals surface area contributed by atoms with Gasteiger partial charge in [-0.15, -0.1) is 0 Å². The monoisotopic (exact) mass is 385 g/mol. The van der Waals surface area contributed by atoms with E-state index in [1.54, 1.807) is 0 Å². The van der Waals surface area contributed by atoms with E-state index in [0.717, 1.165) is 33.5 Å². The summed E-state index contributed by atoms with van der Waals surface area (Å²) in [5.74, 6) is -1.32. The van der Waals surface area contributed by atoms with E-state index >= 15 is 0 Å². The number of benzene rings is 2. The van der Waals surface area contributed by atoms with Gasteiger partial charge in [-0.05, 0) is 23.6 Å². The second kappa shape index (κ2) is 6.74. The Morgan fingerprint density at radius 2 is 2.15 bits per heavy atom. The second-order valence-corrected chi connectivity index (χ2v) is 7.56. The molecule has 4 rings (SSSR count). The van der Waals surface area contributed by atoms with Gasteiger partial charge in [0.1, 0.15) is 24.0 Å². The van der Waals surface area contributed by atoms with Gasteiger partial charge in [0.15, 0.2) is 5.13 Å². The minimum Gasteiger partial charge on any atom is -0.487 e. The first-order chi connectivity index (χ1) is 12.9. The number of carbonyl (C=O) groups is 1. The van der Waals surface area contributed by atoms with Crippen molar-refractivity contribution in [2.45, 2.75) is 26.4 Å². The number of halogens is 2. The van der Waals surface area contributed by atoms with E-state index in [1.807, 2.05) is 18.2 Å². The molecule has 0 atom stereocenters. The molecule has 3 aromatic rings. The number of thiazole rings is 1. The summed E-state index contributed by atoms with van der Waals surface area (Å²) in [6.07, 6.45) is 0. The van der Waals surface area contributed by atoms with E-state index in [1.165, 1.54) is 11.3 Å².